The lowest BCUT2D eigenvalue weighted by Gasteiger charge is -2.19. The molecule has 2 aliphatic heterocycles. The fraction of sp³-hybridized carbons (Fsp3) is 0.513. The molecule has 5 rings (SSSR count). The lowest BCUT2D eigenvalue weighted by molar-refractivity contribution is -0.140. The van der Waals surface area contributed by atoms with Gasteiger partial charge in [-0.15, -0.1) is 0 Å². The van der Waals surface area contributed by atoms with E-state index in [0.29, 0.717) is 41.8 Å². The maximum Gasteiger partial charge on any atom is 0.323 e. The van der Waals surface area contributed by atoms with E-state index in [9.17, 15) is 25.2 Å². The van der Waals surface area contributed by atoms with Gasteiger partial charge in [0.1, 0.15) is 29.9 Å². The Kier molecular flexibility index (Phi) is 14.4. The van der Waals surface area contributed by atoms with Crippen LogP contribution >= 0.6 is 11.6 Å². The van der Waals surface area contributed by atoms with Gasteiger partial charge in [-0.2, -0.15) is 0 Å². The number of hydrogen-bond donors (Lipinski definition) is 5. The number of benzene rings is 3. The average molecular weight is 726 g/mol. The molecule has 11 nitrogen and oxygen atoms in total. The van der Waals surface area contributed by atoms with Crippen LogP contribution < -0.4 is 19.5 Å². The van der Waals surface area contributed by atoms with Crippen molar-refractivity contribution in [3.63, 3.8) is 0 Å². The van der Waals surface area contributed by atoms with E-state index in [0.717, 1.165) is 92.0 Å². The molecule has 0 amide bonds. The van der Waals surface area contributed by atoms with Gasteiger partial charge in [0.05, 0.1) is 37.1 Å². The summed E-state index contributed by atoms with van der Waals surface area (Å²) in [5, 5.41) is 41.7. The van der Waals surface area contributed by atoms with Crippen LogP contribution in [-0.2, 0) is 17.9 Å². The monoisotopic (exact) mass is 725 g/mol. The highest BCUT2D eigenvalue weighted by atomic mass is 35.5. The standard InChI is InChI=1S/C39H52ClN3O8/c1-26-28(7-3-8-32(26)33-9-4-10-36(27(33)2)49-17-5-13-42-15-11-30(45)22-42)25-51-38-20-37(50-18-6-14-43-16-12-31(46)23-43)29(19-34(38)40)21-41-35(24-44)39(47)48/h3-4,7-10,19-20,30-31,35,41,44-46H,5-6,11-18,21-25H2,1-2H3,(H,47,48)/t30-,31?,35+/m1/s1. The summed E-state index contributed by atoms with van der Waals surface area (Å²) in [6, 6.07) is 14.6. The van der Waals surface area contributed by atoms with E-state index in [1.807, 2.05) is 24.3 Å². The van der Waals surface area contributed by atoms with Gasteiger partial charge >= 0.3 is 5.97 Å². The number of ether oxygens (including phenoxy) is 3. The van der Waals surface area contributed by atoms with Gasteiger partial charge in [0.15, 0.2) is 0 Å². The van der Waals surface area contributed by atoms with Crippen LogP contribution in [0.4, 0.5) is 0 Å². The van der Waals surface area contributed by atoms with Crippen LogP contribution in [0.25, 0.3) is 11.1 Å². The molecule has 2 fully saturated rings. The van der Waals surface area contributed by atoms with Gasteiger partial charge in [-0.3, -0.25) is 10.1 Å². The normalized spacial score (nSPS) is 18.6. The number of β-amino-alcohol motifs (C(OH)–C–C–N with tert-alkyl or cyclic N) is 2. The first-order valence-corrected chi connectivity index (χ1v) is 18.3. The maximum atomic E-state index is 11.5. The Morgan fingerprint density at radius 1 is 0.843 bits per heavy atom. The summed E-state index contributed by atoms with van der Waals surface area (Å²) in [7, 11) is 0. The van der Waals surface area contributed by atoms with Crippen LogP contribution in [0.3, 0.4) is 0 Å². The van der Waals surface area contributed by atoms with E-state index < -0.39 is 18.6 Å². The number of rotatable bonds is 19. The van der Waals surface area contributed by atoms with Crippen molar-refractivity contribution in [2.75, 3.05) is 59.1 Å². The summed E-state index contributed by atoms with van der Waals surface area (Å²) in [6.07, 6.45) is 2.76. The Balaban J connectivity index is 1.25. The molecule has 278 valence electrons. The molecule has 0 aliphatic carbocycles. The molecule has 2 heterocycles. The molecule has 3 aromatic rings. The second kappa shape index (κ2) is 18.9. The van der Waals surface area contributed by atoms with Gasteiger partial charge in [-0.1, -0.05) is 41.9 Å². The zero-order chi connectivity index (χ0) is 36.3. The van der Waals surface area contributed by atoms with Crippen molar-refractivity contribution in [1.29, 1.82) is 0 Å². The lowest BCUT2D eigenvalue weighted by atomic mass is 9.93. The quantitative estimate of drug-likeness (QED) is 0.112. The molecule has 3 aromatic carbocycles. The number of carboxylic acids is 1. The number of halogens is 1. The van der Waals surface area contributed by atoms with Crippen molar-refractivity contribution in [1.82, 2.24) is 15.1 Å². The van der Waals surface area contributed by atoms with Crippen molar-refractivity contribution in [2.45, 2.75) is 70.9 Å². The molecule has 0 aromatic heterocycles. The average Bonchev–Trinajstić information content (AvgIpc) is 3.73. The van der Waals surface area contributed by atoms with Gasteiger partial charge in [0, 0.05) is 57.4 Å². The highest BCUT2D eigenvalue weighted by Gasteiger charge is 2.22. The number of aliphatic carboxylic acids is 1. The summed E-state index contributed by atoms with van der Waals surface area (Å²) in [5.74, 6) is 0.660. The minimum Gasteiger partial charge on any atom is -0.493 e. The van der Waals surface area contributed by atoms with Crippen molar-refractivity contribution < 1.29 is 39.4 Å². The molecule has 2 saturated heterocycles. The van der Waals surface area contributed by atoms with E-state index in [1.165, 1.54) is 0 Å². The van der Waals surface area contributed by atoms with Crippen LogP contribution in [0.15, 0.2) is 48.5 Å². The maximum absolute atomic E-state index is 11.5. The molecule has 3 atom stereocenters. The molecule has 5 N–H and O–H groups in total. The number of nitrogens with zero attached hydrogens (tertiary/aromatic N) is 2. The summed E-state index contributed by atoms with van der Waals surface area (Å²) < 4.78 is 18.7. The van der Waals surface area contributed by atoms with Crippen LogP contribution in [-0.4, -0.2) is 114 Å². The van der Waals surface area contributed by atoms with Crippen LogP contribution in [0.2, 0.25) is 5.02 Å². The molecule has 1 unspecified atom stereocenters. The Bertz CT molecular complexity index is 1610. The molecule has 51 heavy (non-hydrogen) atoms. The van der Waals surface area contributed by atoms with E-state index in [4.69, 9.17) is 25.8 Å². The molecule has 0 saturated carbocycles. The van der Waals surface area contributed by atoms with Crippen molar-refractivity contribution in [3.8, 4) is 28.4 Å². The third kappa shape index (κ3) is 10.8. The third-order valence-electron chi connectivity index (χ3n) is 9.79. The zero-order valence-electron chi connectivity index (χ0n) is 29.7. The minimum absolute atomic E-state index is 0.122. The lowest BCUT2D eigenvalue weighted by Crippen LogP contribution is -2.39. The first-order valence-electron chi connectivity index (χ1n) is 17.9. The fourth-order valence-corrected chi connectivity index (χ4v) is 6.98. The number of likely N-dealkylation sites (tertiary alicyclic amines) is 2. The van der Waals surface area contributed by atoms with Crippen LogP contribution in [0.5, 0.6) is 17.2 Å². The fourth-order valence-electron chi connectivity index (χ4n) is 6.74. The Labute approximate surface area is 305 Å². The van der Waals surface area contributed by atoms with Gasteiger partial charge < -0.3 is 44.4 Å². The molecule has 0 spiro atoms. The Morgan fingerprint density at radius 2 is 1.45 bits per heavy atom. The highest BCUT2D eigenvalue weighted by Crippen LogP contribution is 2.36. The Morgan fingerprint density at radius 3 is 2.04 bits per heavy atom. The predicted octanol–water partition coefficient (Wildman–Crippen LogP) is 4.41. The van der Waals surface area contributed by atoms with Gasteiger partial charge in [-0.25, -0.2) is 0 Å². The molecular formula is C39H52ClN3O8. The van der Waals surface area contributed by atoms with Crippen molar-refractivity contribution in [3.05, 3.63) is 75.8 Å². The summed E-state index contributed by atoms with van der Waals surface area (Å²) >= 11 is 6.71. The second-order valence-electron chi connectivity index (χ2n) is 13.5. The molecular weight excluding hydrogens is 674 g/mol. The number of hydrogen-bond acceptors (Lipinski definition) is 10. The topological polar surface area (TPSA) is 144 Å². The van der Waals surface area contributed by atoms with Crippen LogP contribution in [0, 0.1) is 13.8 Å². The number of carboxylic acid groups (broad SMARTS) is 1. The van der Waals surface area contributed by atoms with Crippen molar-refractivity contribution in [2.24, 2.45) is 0 Å². The van der Waals surface area contributed by atoms with E-state index in [1.54, 1.807) is 12.1 Å². The summed E-state index contributed by atoms with van der Waals surface area (Å²) in [4.78, 5) is 16.0. The largest absolute Gasteiger partial charge is 0.493 e. The molecule has 0 radical (unpaired) electrons. The summed E-state index contributed by atoms with van der Waals surface area (Å²) in [6.45, 7) is 9.91. The third-order valence-corrected chi connectivity index (χ3v) is 10.1. The highest BCUT2D eigenvalue weighted by molar-refractivity contribution is 6.32. The second-order valence-corrected chi connectivity index (χ2v) is 13.9. The number of carbonyl (C=O) groups is 1. The predicted molar refractivity (Wildman–Crippen MR) is 197 cm³/mol. The van der Waals surface area contributed by atoms with E-state index in [2.05, 4.69) is 41.1 Å². The summed E-state index contributed by atoms with van der Waals surface area (Å²) in [5.41, 5.74) is 5.96. The number of aliphatic hydroxyl groups is 3. The van der Waals surface area contributed by atoms with Gasteiger partial charge in [0.2, 0.25) is 0 Å². The van der Waals surface area contributed by atoms with Gasteiger partial charge in [0.25, 0.3) is 0 Å². The number of nitrogens with one attached hydrogen (secondary N) is 1. The minimum atomic E-state index is -1.15. The van der Waals surface area contributed by atoms with Crippen molar-refractivity contribution >= 4 is 17.6 Å². The van der Waals surface area contributed by atoms with E-state index >= 15 is 0 Å². The SMILES string of the molecule is Cc1c(COc2cc(OCCCN3CCC(O)C3)c(CN[C@@H](CO)C(=O)O)cc2Cl)cccc1-c1cccc(OCCCN2CC[C@@H](O)C2)c1C. The molecule has 2 aliphatic rings. The first-order chi connectivity index (χ1) is 24.6. The molecule has 12 heteroatoms. The zero-order valence-corrected chi connectivity index (χ0v) is 30.4. The van der Waals surface area contributed by atoms with Crippen LogP contribution in [0.1, 0.15) is 47.9 Å². The molecule has 0 bridgehead atoms. The smallest absolute Gasteiger partial charge is 0.323 e. The van der Waals surface area contributed by atoms with Gasteiger partial charge in [-0.05, 0) is 79.5 Å². The Hall–Kier alpha value is -3.42. The number of aliphatic hydroxyl groups excluding tert-OH is 3. The van der Waals surface area contributed by atoms with E-state index in [-0.39, 0.29) is 25.4 Å². The first kappa shape index (κ1) is 38.8.